The number of hydrogen-bond acceptors (Lipinski definition) is 2. The molecule has 0 radical (unpaired) electrons. The van der Waals surface area contributed by atoms with Gasteiger partial charge in [-0.1, -0.05) is 32.1 Å². The molecule has 0 unspecified atom stereocenters. The second-order valence-corrected chi connectivity index (χ2v) is 5.43. The van der Waals surface area contributed by atoms with E-state index in [-0.39, 0.29) is 5.91 Å². The van der Waals surface area contributed by atoms with Crippen molar-refractivity contribution in [1.82, 2.24) is 10.2 Å². The molecular weight excluding hydrogens is 212 g/mol. The number of rotatable bonds is 7. The Labute approximate surface area is 106 Å². The van der Waals surface area contributed by atoms with Gasteiger partial charge in [-0.25, -0.2) is 0 Å². The second kappa shape index (κ2) is 8.51. The Kier molecular flexibility index (Phi) is 7.25. The highest BCUT2D eigenvalue weighted by atomic mass is 16.2. The maximum absolute atomic E-state index is 11.3. The van der Waals surface area contributed by atoms with E-state index in [0.29, 0.717) is 6.42 Å². The Morgan fingerprint density at radius 3 is 2.53 bits per heavy atom. The standard InChI is InChI=1S/C14H28N2O/c1-16(2)14(17)9-6-11-15-12-10-13-7-4-3-5-8-13/h13,15H,3-12H2,1-2H3. The number of amides is 1. The van der Waals surface area contributed by atoms with Crippen LogP contribution in [-0.4, -0.2) is 38.0 Å². The third-order valence-corrected chi connectivity index (χ3v) is 3.70. The van der Waals surface area contributed by atoms with Crippen LogP contribution in [0.2, 0.25) is 0 Å². The summed E-state index contributed by atoms with van der Waals surface area (Å²) in [5.41, 5.74) is 0. The molecule has 1 aliphatic rings. The van der Waals surface area contributed by atoms with Gasteiger partial charge in [0.05, 0.1) is 0 Å². The zero-order chi connectivity index (χ0) is 12.5. The average Bonchev–Trinajstić information content (AvgIpc) is 2.34. The molecule has 1 saturated carbocycles. The van der Waals surface area contributed by atoms with Crippen LogP contribution >= 0.6 is 0 Å². The second-order valence-electron chi connectivity index (χ2n) is 5.43. The summed E-state index contributed by atoms with van der Waals surface area (Å²) >= 11 is 0. The largest absolute Gasteiger partial charge is 0.349 e. The lowest BCUT2D eigenvalue weighted by atomic mass is 9.87. The minimum Gasteiger partial charge on any atom is -0.349 e. The van der Waals surface area contributed by atoms with E-state index in [0.717, 1.165) is 25.4 Å². The molecule has 0 atom stereocenters. The van der Waals surface area contributed by atoms with Crippen LogP contribution in [0.25, 0.3) is 0 Å². The van der Waals surface area contributed by atoms with Crippen molar-refractivity contribution < 1.29 is 4.79 Å². The fourth-order valence-corrected chi connectivity index (χ4v) is 2.50. The van der Waals surface area contributed by atoms with E-state index in [1.165, 1.54) is 38.5 Å². The highest BCUT2D eigenvalue weighted by Gasteiger charge is 2.12. The maximum atomic E-state index is 11.3. The summed E-state index contributed by atoms with van der Waals surface area (Å²) in [6.07, 6.45) is 10.1. The van der Waals surface area contributed by atoms with Crippen molar-refractivity contribution >= 4 is 5.91 Å². The normalized spacial score (nSPS) is 17.1. The van der Waals surface area contributed by atoms with Gasteiger partial charge in [0, 0.05) is 20.5 Å². The van der Waals surface area contributed by atoms with Crippen molar-refractivity contribution in [3.05, 3.63) is 0 Å². The fraction of sp³-hybridized carbons (Fsp3) is 0.929. The molecule has 17 heavy (non-hydrogen) atoms. The number of nitrogens with zero attached hydrogens (tertiary/aromatic N) is 1. The van der Waals surface area contributed by atoms with Gasteiger partial charge >= 0.3 is 0 Å². The first-order valence-electron chi connectivity index (χ1n) is 7.11. The van der Waals surface area contributed by atoms with Crippen LogP contribution in [0.3, 0.4) is 0 Å². The van der Waals surface area contributed by atoms with E-state index in [4.69, 9.17) is 0 Å². The van der Waals surface area contributed by atoms with Gasteiger partial charge in [-0.15, -0.1) is 0 Å². The molecule has 3 nitrogen and oxygen atoms in total. The number of carbonyl (C=O) groups is 1. The van der Waals surface area contributed by atoms with Gasteiger partial charge < -0.3 is 10.2 Å². The Bertz CT molecular complexity index is 210. The Balaban J connectivity index is 1.88. The third kappa shape index (κ3) is 6.67. The lowest BCUT2D eigenvalue weighted by molar-refractivity contribution is -0.128. The molecule has 100 valence electrons. The molecule has 0 aromatic rings. The SMILES string of the molecule is CN(C)C(=O)CCCNCCC1CCCCC1. The molecular formula is C14H28N2O. The lowest BCUT2D eigenvalue weighted by Crippen LogP contribution is -2.24. The highest BCUT2D eigenvalue weighted by molar-refractivity contribution is 5.75. The first-order valence-corrected chi connectivity index (χ1v) is 7.11. The van der Waals surface area contributed by atoms with Crippen LogP contribution < -0.4 is 5.32 Å². The summed E-state index contributed by atoms with van der Waals surface area (Å²) < 4.78 is 0. The molecule has 0 aliphatic heterocycles. The van der Waals surface area contributed by atoms with E-state index >= 15 is 0 Å². The minimum absolute atomic E-state index is 0.235. The van der Waals surface area contributed by atoms with Crippen molar-refractivity contribution in [2.24, 2.45) is 5.92 Å². The molecule has 1 aliphatic carbocycles. The molecule has 0 bridgehead atoms. The zero-order valence-corrected chi connectivity index (χ0v) is 11.5. The maximum Gasteiger partial charge on any atom is 0.222 e. The van der Waals surface area contributed by atoms with Gasteiger partial charge in [0.25, 0.3) is 0 Å². The topological polar surface area (TPSA) is 32.3 Å². The molecule has 1 rings (SSSR count). The monoisotopic (exact) mass is 240 g/mol. The van der Waals surface area contributed by atoms with Crippen LogP contribution in [0.1, 0.15) is 51.4 Å². The van der Waals surface area contributed by atoms with Crippen LogP contribution in [0.4, 0.5) is 0 Å². The van der Waals surface area contributed by atoms with Crippen molar-refractivity contribution in [3.8, 4) is 0 Å². The molecule has 1 amide bonds. The van der Waals surface area contributed by atoms with Crippen LogP contribution in [0.5, 0.6) is 0 Å². The molecule has 3 heteroatoms. The fourth-order valence-electron chi connectivity index (χ4n) is 2.50. The van der Waals surface area contributed by atoms with Gasteiger partial charge in [0.15, 0.2) is 0 Å². The molecule has 0 spiro atoms. The Morgan fingerprint density at radius 2 is 1.88 bits per heavy atom. The van der Waals surface area contributed by atoms with Crippen molar-refractivity contribution in [3.63, 3.8) is 0 Å². The predicted molar refractivity (Wildman–Crippen MR) is 72.0 cm³/mol. The van der Waals surface area contributed by atoms with Crippen molar-refractivity contribution in [2.45, 2.75) is 51.4 Å². The summed E-state index contributed by atoms with van der Waals surface area (Å²) in [4.78, 5) is 13.0. The van der Waals surface area contributed by atoms with Crippen molar-refractivity contribution in [1.29, 1.82) is 0 Å². The quantitative estimate of drug-likeness (QED) is 0.693. The number of nitrogens with one attached hydrogen (secondary N) is 1. The molecule has 1 N–H and O–H groups in total. The van der Waals surface area contributed by atoms with Gasteiger partial charge in [-0.05, 0) is 31.8 Å². The first kappa shape index (κ1) is 14.5. The van der Waals surface area contributed by atoms with Crippen molar-refractivity contribution in [2.75, 3.05) is 27.2 Å². The summed E-state index contributed by atoms with van der Waals surface area (Å²) in [6, 6.07) is 0. The number of carbonyl (C=O) groups excluding carboxylic acids is 1. The zero-order valence-electron chi connectivity index (χ0n) is 11.5. The summed E-state index contributed by atoms with van der Waals surface area (Å²) in [5.74, 6) is 1.19. The van der Waals surface area contributed by atoms with Gasteiger partial charge in [0.2, 0.25) is 5.91 Å². The van der Waals surface area contributed by atoms with E-state index in [1.807, 2.05) is 14.1 Å². The van der Waals surface area contributed by atoms with Gasteiger partial charge in [-0.3, -0.25) is 4.79 Å². The Morgan fingerprint density at radius 1 is 1.18 bits per heavy atom. The smallest absolute Gasteiger partial charge is 0.222 e. The molecule has 0 aromatic heterocycles. The average molecular weight is 240 g/mol. The Hall–Kier alpha value is -0.570. The van der Waals surface area contributed by atoms with E-state index in [2.05, 4.69) is 5.32 Å². The minimum atomic E-state index is 0.235. The molecule has 0 heterocycles. The van der Waals surface area contributed by atoms with Gasteiger partial charge in [0.1, 0.15) is 0 Å². The summed E-state index contributed by atoms with van der Waals surface area (Å²) in [7, 11) is 3.64. The van der Waals surface area contributed by atoms with Crippen LogP contribution in [0.15, 0.2) is 0 Å². The number of hydrogen-bond donors (Lipinski definition) is 1. The molecule has 0 aromatic carbocycles. The third-order valence-electron chi connectivity index (χ3n) is 3.70. The molecule has 0 saturated heterocycles. The van der Waals surface area contributed by atoms with E-state index in [9.17, 15) is 4.79 Å². The lowest BCUT2D eigenvalue weighted by Gasteiger charge is -2.21. The highest BCUT2D eigenvalue weighted by Crippen LogP contribution is 2.25. The first-order chi connectivity index (χ1) is 8.20. The summed E-state index contributed by atoms with van der Waals surface area (Å²) in [6.45, 7) is 2.10. The summed E-state index contributed by atoms with van der Waals surface area (Å²) in [5, 5.41) is 3.46. The van der Waals surface area contributed by atoms with Crippen LogP contribution in [0, 0.1) is 5.92 Å². The predicted octanol–water partition coefficient (Wildman–Crippen LogP) is 2.41. The molecule has 1 fully saturated rings. The van der Waals surface area contributed by atoms with E-state index < -0.39 is 0 Å². The van der Waals surface area contributed by atoms with Gasteiger partial charge in [-0.2, -0.15) is 0 Å². The van der Waals surface area contributed by atoms with E-state index in [1.54, 1.807) is 4.90 Å². The van der Waals surface area contributed by atoms with Crippen LogP contribution in [-0.2, 0) is 4.79 Å².